The van der Waals surface area contributed by atoms with E-state index >= 15 is 0 Å². The Hall–Kier alpha value is -3.62. The highest BCUT2D eigenvalue weighted by Crippen LogP contribution is 2.24. The van der Waals surface area contributed by atoms with Gasteiger partial charge in [-0.25, -0.2) is 0 Å². The van der Waals surface area contributed by atoms with Crippen molar-refractivity contribution in [3.8, 4) is 0 Å². The van der Waals surface area contributed by atoms with Crippen molar-refractivity contribution < 1.29 is 9.59 Å². The van der Waals surface area contributed by atoms with E-state index < -0.39 is 0 Å². The van der Waals surface area contributed by atoms with Crippen LogP contribution in [-0.2, 0) is 17.9 Å². The number of halogens is 1. The molecule has 4 rings (SSSR count). The van der Waals surface area contributed by atoms with Crippen molar-refractivity contribution in [2.45, 2.75) is 18.2 Å². The SMILES string of the molecule is C=CCn1c(CNC(=O)c2ccc(Cl)cc2)nnc1SCC(=O)Nc1cccc2ccccc12. The summed E-state index contributed by atoms with van der Waals surface area (Å²) < 4.78 is 1.82. The average Bonchev–Trinajstić information content (AvgIpc) is 3.23. The average molecular weight is 492 g/mol. The molecule has 2 amide bonds. The fraction of sp³-hybridized carbons (Fsp3) is 0.120. The molecule has 0 fully saturated rings. The van der Waals surface area contributed by atoms with Gasteiger partial charge in [0.25, 0.3) is 5.91 Å². The number of carbonyl (C=O) groups is 2. The summed E-state index contributed by atoms with van der Waals surface area (Å²) >= 11 is 7.15. The van der Waals surface area contributed by atoms with Crippen molar-refractivity contribution >= 4 is 51.6 Å². The minimum Gasteiger partial charge on any atom is -0.345 e. The largest absolute Gasteiger partial charge is 0.345 e. The Morgan fingerprint density at radius 3 is 2.59 bits per heavy atom. The van der Waals surface area contributed by atoms with Crippen molar-refractivity contribution in [3.05, 3.63) is 95.8 Å². The summed E-state index contributed by atoms with van der Waals surface area (Å²) in [7, 11) is 0. The minimum absolute atomic E-state index is 0.146. The lowest BCUT2D eigenvalue weighted by Crippen LogP contribution is -2.24. The fourth-order valence-electron chi connectivity index (χ4n) is 3.38. The third-order valence-electron chi connectivity index (χ3n) is 5.01. The number of amides is 2. The number of aromatic nitrogens is 3. The van der Waals surface area contributed by atoms with Crippen LogP contribution in [0.4, 0.5) is 5.69 Å². The Morgan fingerprint density at radius 2 is 1.79 bits per heavy atom. The van der Waals surface area contributed by atoms with Crippen molar-refractivity contribution in [3.63, 3.8) is 0 Å². The Kier molecular flexibility index (Phi) is 7.61. The number of allylic oxidation sites excluding steroid dienone is 1. The number of fused-ring (bicyclic) bond motifs is 1. The van der Waals surface area contributed by atoms with E-state index in [1.54, 1.807) is 30.3 Å². The van der Waals surface area contributed by atoms with Gasteiger partial charge in [0.05, 0.1) is 12.3 Å². The number of carbonyl (C=O) groups excluding carboxylic acids is 2. The van der Waals surface area contributed by atoms with E-state index in [0.29, 0.717) is 28.1 Å². The number of nitrogens with zero attached hydrogens (tertiary/aromatic N) is 3. The number of thioether (sulfide) groups is 1. The fourth-order valence-corrected chi connectivity index (χ4v) is 4.28. The van der Waals surface area contributed by atoms with E-state index in [1.807, 2.05) is 47.0 Å². The van der Waals surface area contributed by atoms with Crippen molar-refractivity contribution in [2.24, 2.45) is 0 Å². The van der Waals surface area contributed by atoms with Crippen molar-refractivity contribution in [2.75, 3.05) is 11.1 Å². The topological polar surface area (TPSA) is 88.9 Å². The van der Waals surface area contributed by atoms with Gasteiger partial charge in [-0.2, -0.15) is 0 Å². The molecule has 0 aliphatic carbocycles. The summed E-state index contributed by atoms with van der Waals surface area (Å²) in [6.07, 6.45) is 1.72. The van der Waals surface area contributed by atoms with Gasteiger partial charge in [-0.05, 0) is 35.7 Å². The van der Waals surface area contributed by atoms with E-state index in [0.717, 1.165) is 16.5 Å². The minimum atomic E-state index is -0.242. The predicted molar refractivity (Wildman–Crippen MR) is 136 cm³/mol. The van der Waals surface area contributed by atoms with Gasteiger partial charge in [0.1, 0.15) is 0 Å². The van der Waals surface area contributed by atoms with Crippen LogP contribution >= 0.6 is 23.4 Å². The molecule has 0 aliphatic rings. The Morgan fingerprint density at radius 1 is 1.03 bits per heavy atom. The zero-order valence-corrected chi connectivity index (χ0v) is 19.8. The van der Waals surface area contributed by atoms with Crippen LogP contribution < -0.4 is 10.6 Å². The summed E-state index contributed by atoms with van der Waals surface area (Å²) in [5.74, 6) is 0.343. The lowest BCUT2D eigenvalue weighted by atomic mass is 10.1. The molecule has 3 aromatic carbocycles. The number of benzene rings is 3. The van der Waals surface area contributed by atoms with Gasteiger partial charge in [0.15, 0.2) is 11.0 Å². The number of nitrogens with one attached hydrogen (secondary N) is 2. The Balaban J connectivity index is 1.39. The molecular weight excluding hydrogens is 470 g/mol. The highest BCUT2D eigenvalue weighted by atomic mass is 35.5. The molecule has 2 N–H and O–H groups in total. The quantitative estimate of drug-likeness (QED) is 0.256. The van der Waals surface area contributed by atoms with Gasteiger partial charge in [-0.3, -0.25) is 9.59 Å². The van der Waals surface area contributed by atoms with Gasteiger partial charge in [-0.1, -0.05) is 65.8 Å². The number of hydrogen-bond donors (Lipinski definition) is 2. The molecule has 1 aromatic heterocycles. The molecule has 0 atom stereocenters. The Bertz CT molecular complexity index is 1330. The predicted octanol–water partition coefficient (Wildman–Crippen LogP) is 4.93. The first kappa shape index (κ1) is 23.5. The maximum atomic E-state index is 12.6. The molecule has 4 aromatic rings. The zero-order valence-electron chi connectivity index (χ0n) is 18.2. The van der Waals surface area contributed by atoms with Crippen LogP contribution in [0.2, 0.25) is 5.02 Å². The van der Waals surface area contributed by atoms with Crippen LogP contribution in [0.25, 0.3) is 10.8 Å². The summed E-state index contributed by atoms with van der Waals surface area (Å²) in [6.45, 7) is 4.42. The van der Waals surface area contributed by atoms with Crippen molar-refractivity contribution in [1.29, 1.82) is 0 Å². The molecule has 1 heterocycles. The van der Waals surface area contributed by atoms with E-state index in [-0.39, 0.29) is 24.1 Å². The monoisotopic (exact) mass is 491 g/mol. The van der Waals surface area contributed by atoms with Crippen LogP contribution in [-0.4, -0.2) is 32.3 Å². The summed E-state index contributed by atoms with van der Waals surface area (Å²) in [5, 5.41) is 17.4. The Labute approximate surface area is 206 Å². The standard InChI is InChI=1S/C25H22ClN5O2S/c1-2-14-31-22(15-27-24(33)18-10-12-19(26)13-11-18)29-30-25(31)34-16-23(32)28-21-9-5-7-17-6-3-4-8-20(17)21/h2-13H,1,14-16H2,(H,27,33)(H,28,32). The van der Waals surface area contributed by atoms with Crippen molar-refractivity contribution in [1.82, 2.24) is 20.1 Å². The molecule has 0 aliphatic heterocycles. The molecule has 7 nitrogen and oxygen atoms in total. The van der Waals surface area contributed by atoms with E-state index in [9.17, 15) is 9.59 Å². The van der Waals surface area contributed by atoms with E-state index in [1.165, 1.54) is 11.8 Å². The second-order valence-electron chi connectivity index (χ2n) is 7.35. The highest BCUT2D eigenvalue weighted by molar-refractivity contribution is 7.99. The second-order valence-corrected chi connectivity index (χ2v) is 8.73. The van der Waals surface area contributed by atoms with Crippen LogP contribution in [0.5, 0.6) is 0 Å². The molecule has 34 heavy (non-hydrogen) atoms. The molecule has 9 heteroatoms. The van der Waals surface area contributed by atoms with Crippen LogP contribution in [0.15, 0.2) is 84.5 Å². The zero-order chi connectivity index (χ0) is 23.9. The summed E-state index contributed by atoms with van der Waals surface area (Å²) in [5.41, 5.74) is 1.26. The number of rotatable bonds is 9. The number of hydrogen-bond acceptors (Lipinski definition) is 5. The summed E-state index contributed by atoms with van der Waals surface area (Å²) in [6, 6.07) is 20.3. The summed E-state index contributed by atoms with van der Waals surface area (Å²) in [4.78, 5) is 25.0. The maximum Gasteiger partial charge on any atom is 0.251 e. The van der Waals surface area contributed by atoms with Crippen LogP contribution in [0, 0.1) is 0 Å². The molecule has 0 saturated carbocycles. The van der Waals surface area contributed by atoms with Gasteiger partial charge in [0.2, 0.25) is 5.91 Å². The third-order valence-corrected chi connectivity index (χ3v) is 6.23. The molecule has 0 spiro atoms. The third kappa shape index (κ3) is 5.65. The first-order valence-electron chi connectivity index (χ1n) is 10.5. The van der Waals surface area contributed by atoms with Crippen LogP contribution in [0.1, 0.15) is 16.2 Å². The highest BCUT2D eigenvalue weighted by Gasteiger charge is 2.15. The molecule has 0 radical (unpaired) electrons. The lowest BCUT2D eigenvalue weighted by Gasteiger charge is -2.10. The van der Waals surface area contributed by atoms with Crippen LogP contribution in [0.3, 0.4) is 0 Å². The second kappa shape index (κ2) is 11.0. The van der Waals surface area contributed by atoms with Gasteiger partial charge in [0, 0.05) is 28.2 Å². The molecule has 0 bridgehead atoms. The molecule has 172 valence electrons. The molecular formula is C25H22ClN5O2S. The molecule has 0 unspecified atom stereocenters. The smallest absolute Gasteiger partial charge is 0.251 e. The van der Waals surface area contributed by atoms with E-state index in [2.05, 4.69) is 27.4 Å². The van der Waals surface area contributed by atoms with Gasteiger partial charge >= 0.3 is 0 Å². The molecule has 0 saturated heterocycles. The van der Waals surface area contributed by atoms with E-state index in [4.69, 9.17) is 11.6 Å². The normalized spacial score (nSPS) is 10.7. The van der Waals surface area contributed by atoms with Gasteiger partial charge < -0.3 is 15.2 Å². The first-order chi connectivity index (χ1) is 16.5. The lowest BCUT2D eigenvalue weighted by molar-refractivity contribution is -0.113. The maximum absolute atomic E-state index is 12.6. The number of anilines is 1. The first-order valence-corrected chi connectivity index (χ1v) is 11.9. The van der Waals surface area contributed by atoms with Gasteiger partial charge in [-0.15, -0.1) is 16.8 Å².